The number of carbonyl (C=O) groups is 1. The minimum atomic E-state index is -1.20. The molecule has 1 saturated carbocycles. The second-order valence-electron chi connectivity index (χ2n) is 9.38. The number of ketones is 1. The summed E-state index contributed by atoms with van der Waals surface area (Å²) in [5.41, 5.74) is 0.168. The smallest absolute Gasteiger partial charge is 0.190 e. The van der Waals surface area contributed by atoms with Crippen LogP contribution < -0.4 is 4.74 Å². The highest BCUT2D eigenvalue weighted by molar-refractivity contribution is 6.48. The van der Waals surface area contributed by atoms with Crippen LogP contribution in [0.3, 0.4) is 0 Å². The number of allylic oxidation sites excluding steroid dienone is 2. The molecule has 28 heavy (non-hydrogen) atoms. The zero-order valence-corrected chi connectivity index (χ0v) is 19.5. The molecule has 3 unspecified atom stereocenters. The highest BCUT2D eigenvalue weighted by Gasteiger charge is 2.25. The van der Waals surface area contributed by atoms with Crippen molar-refractivity contribution in [1.29, 1.82) is 0 Å². The average Bonchev–Trinajstić information content (AvgIpc) is 2.61. The number of Topliss-reactive ketones (excluding diaryl/α,β-unsaturated/α-hetero) is 1. The molecule has 0 heterocycles. The Balaban J connectivity index is 1.99. The monoisotopic (exact) mass is 402 g/mol. The highest BCUT2D eigenvalue weighted by atomic mass is 28.3. The fraction of sp³-hybridized carbons (Fsp3) is 0.625. The molecule has 4 heteroatoms. The van der Waals surface area contributed by atoms with Gasteiger partial charge in [0.15, 0.2) is 15.3 Å². The van der Waals surface area contributed by atoms with E-state index in [2.05, 4.69) is 46.0 Å². The maximum atomic E-state index is 11.7. The lowest BCUT2D eigenvalue weighted by molar-refractivity contribution is -0.121. The standard InChI is InChI=1S/C24H38O3Si/c1-24(2,3)20(15-14-19-10-9-11-21(25)18-19)16-17-23(27-28(4)5)26-22-12-7-6-8-13-22/h6-8,12-15,19-20,23,28H,9-11,16-18H2,1-5H3. The third kappa shape index (κ3) is 8.32. The zero-order chi connectivity index (χ0) is 20.6. The lowest BCUT2D eigenvalue weighted by Crippen LogP contribution is -2.28. The molecule has 0 N–H and O–H groups in total. The van der Waals surface area contributed by atoms with Gasteiger partial charge >= 0.3 is 0 Å². The summed E-state index contributed by atoms with van der Waals surface area (Å²) in [4.78, 5) is 11.7. The van der Waals surface area contributed by atoms with Gasteiger partial charge in [0, 0.05) is 19.3 Å². The Hall–Kier alpha value is -1.39. The van der Waals surface area contributed by atoms with Gasteiger partial charge in [0.2, 0.25) is 0 Å². The van der Waals surface area contributed by atoms with Crippen LogP contribution in [0.2, 0.25) is 13.1 Å². The van der Waals surface area contributed by atoms with Crippen molar-refractivity contribution in [3.05, 3.63) is 42.5 Å². The van der Waals surface area contributed by atoms with Crippen LogP contribution in [-0.2, 0) is 9.22 Å². The number of rotatable bonds is 9. The second-order valence-corrected chi connectivity index (χ2v) is 11.7. The Labute approximate surface area is 173 Å². The topological polar surface area (TPSA) is 35.5 Å². The molecule has 0 spiro atoms. The molecule has 0 aromatic heterocycles. The van der Waals surface area contributed by atoms with Crippen molar-refractivity contribution in [3.8, 4) is 5.75 Å². The van der Waals surface area contributed by atoms with Gasteiger partial charge in [0.05, 0.1) is 0 Å². The Morgan fingerprint density at radius 1 is 1.18 bits per heavy atom. The second kappa shape index (κ2) is 11.0. The molecule has 156 valence electrons. The number of carbonyl (C=O) groups excluding carboxylic acids is 1. The number of benzene rings is 1. The summed E-state index contributed by atoms with van der Waals surface area (Å²) in [7, 11) is -1.20. The van der Waals surface area contributed by atoms with E-state index in [0.29, 0.717) is 17.6 Å². The number of para-hydroxylation sites is 1. The minimum Gasteiger partial charge on any atom is -0.466 e. The SMILES string of the molecule is C[SiH](C)OC(CCC(C=CC1CCCC(=O)C1)C(C)(C)C)Oc1ccccc1. The lowest BCUT2D eigenvalue weighted by Gasteiger charge is -2.31. The van der Waals surface area contributed by atoms with Gasteiger partial charge in [-0.25, -0.2) is 0 Å². The highest BCUT2D eigenvalue weighted by Crippen LogP contribution is 2.33. The maximum absolute atomic E-state index is 11.7. The first-order valence-corrected chi connectivity index (χ1v) is 13.6. The third-order valence-corrected chi connectivity index (χ3v) is 6.24. The zero-order valence-electron chi connectivity index (χ0n) is 18.3. The van der Waals surface area contributed by atoms with E-state index in [-0.39, 0.29) is 11.7 Å². The van der Waals surface area contributed by atoms with Crippen molar-refractivity contribution in [2.24, 2.45) is 17.3 Å². The number of hydrogen-bond acceptors (Lipinski definition) is 3. The summed E-state index contributed by atoms with van der Waals surface area (Å²) in [6.45, 7) is 11.2. The van der Waals surface area contributed by atoms with E-state index in [0.717, 1.165) is 44.3 Å². The Bertz CT molecular complexity index is 618. The van der Waals surface area contributed by atoms with Crippen molar-refractivity contribution < 1.29 is 14.0 Å². The quantitative estimate of drug-likeness (QED) is 0.282. The Morgan fingerprint density at radius 2 is 1.89 bits per heavy atom. The summed E-state index contributed by atoms with van der Waals surface area (Å²) in [6.07, 6.45) is 10.0. The Morgan fingerprint density at radius 3 is 2.50 bits per heavy atom. The summed E-state index contributed by atoms with van der Waals surface area (Å²) < 4.78 is 12.3. The van der Waals surface area contributed by atoms with Crippen LogP contribution in [0.1, 0.15) is 59.3 Å². The van der Waals surface area contributed by atoms with Gasteiger partial charge in [-0.3, -0.25) is 4.79 Å². The van der Waals surface area contributed by atoms with Crippen LogP contribution in [0.15, 0.2) is 42.5 Å². The van der Waals surface area contributed by atoms with Crippen LogP contribution in [0.4, 0.5) is 0 Å². The minimum absolute atomic E-state index is 0.168. The van der Waals surface area contributed by atoms with Crippen molar-refractivity contribution in [1.82, 2.24) is 0 Å². The fourth-order valence-electron chi connectivity index (χ4n) is 3.76. The van der Waals surface area contributed by atoms with E-state index in [4.69, 9.17) is 9.16 Å². The molecule has 0 radical (unpaired) electrons. The van der Waals surface area contributed by atoms with Crippen LogP contribution in [0.25, 0.3) is 0 Å². The molecule has 1 aromatic carbocycles. The van der Waals surface area contributed by atoms with E-state index in [9.17, 15) is 4.79 Å². The van der Waals surface area contributed by atoms with Crippen molar-refractivity contribution in [2.75, 3.05) is 0 Å². The molecule has 1 aliphatic rings. The first-order chi connectivity index (χ1) is 13.2. The van der Waals surface area contributed by atoms with Crippen molar-refractivity contribution in [3.63, 3.8) is 0 Å². The third-order valence-electron chi connectivity index (χ3n) is 5.40. The molecule has 0 bridgehead atoms. The van der Waals surface area contributed by atoms with Gasteiger partial charge in [0.25, 0.3) is 0 Å². The van der Waals surface area contributed by atoms with E-state index in [1.54, 1.807) is 0 Å². The van der Waals surface area contributed by atoms with Crippen molar-refractivity contribution in [2.45, 2.75) is 78.7 Å². The predicted molar refractivity (Wildman–Crippen MR) is 119 cm³/mol. The molecule has 2 rings (SSSR count). The summed E-state index contributed by atoms with van der Waals surface area (Å²) >= 11 is 0. The molecule has 3 atom stereocenters. The average molecular weight is 403 g/mol. The molecule has 1 fully saturated rings. The molecule has 1 aliphatic carbocycles. The van der Waals surface area contributed by atoms with E-state index < -0.39 is 9.04 Å². The maximum Gasteiger partial charge on any atom is 0.190 e. The van der Waals surface area contributed by atoms with Gasteiger partial charge in [-0.1, -0.05) is 51.1 Å². The molecule has 3 nitrogen and oxygen atoms in total. The van der Waals surface area contributed by atoms with Gasteiger partial charge in [0.1, 0.15) is 11.5 Å². The van der Waals surface area contributed by atoms with Gasteiger partial charge in [-0.15, -0.1) is 0 Å². The summed E-state index contributed by atoms with van der Waals surface area (Å²) in [6, 6.07) is 9.95. The summed E-state index contributed by atoms with van der Waals surface area (Å²) in [5.74, 6) is 2.14. The predicted octanol–water partition coefficient (Wildman–Crippen LogP) is 6.15. The van der Waals surface area contributed by atoms with Crippen LogP contribution in [0.5, 0.6) is 5.75 Å². The van der Waals surface area contributed by atoms with Crippen molar-refractivity contribution >= 4 is 14.8 Å². The van der Waals surface area contributed by atoms with Crippen LogP contribution in [-0.4, -0.2) is 21.1 Å². The van der Waals surface area contributed by atoms with E-state index in [1.165, 1.54) is 0 Å². The molecule has 0 amide bonds. The molecular formula is C24H38O3Si. The number of ether oxygens (including phenoxy) is 1. The van der Waals surface area contributed by atoms with Crippen LogP contribution in [0, 0.1) is 17.3 Å². The van der Waals surface area contributed by atoms with Crippen LogP contribution >= 0.6 is 0 Å². The first-order valence-electron chi connectivity index (χ1n) is 10.8. The molecular weight excluding hydrogens is 364 g/mol. The van der Waals surface area contributed by atoms with E-state index >= 15 is 0 Å². The largest absolute Gasteiger partial charge is 0.466 e. The molecule has 0 saturated heterocycles. The van der Waals surface area contributed by atoms with Gasteiger partial charge in [-0.05, 0) is 61.7 Å². The first kappa shape index (κ1) is 22.9. The van der Waals surface area contributed by atoms with E-state index in [1.807, 2.05) is 30.3 Å². The fourth-order valence-corrected chi connectivity index (χ4v) is 4.55. The Kier molecular flexibility index (Phi) is 8.96. The lowest BCUT2D eigenvalue weighted by atomic mass is 9.76. The normalized spacial score (nSPS) is 20.5. The molecule has 1 aromatic rings. The summed E-state index contributed by atoms with van der Waals surface area (Å²) in [5, 5.41) is 0. The number of hydrogen-bond donors (Lipinski definition) is 0. The molecule has 0 aliphatic heterocycles. The van der Waals surface area contributed by atoms with Gasteiger partial charge < -0.3 is 9.16 Å². The van der Waals surface area contributed by atoms with Gasteiger partial charge in [-0.2, -0.15) is 0 Å².